The molecule has 3 heterocycles. The molecule has 4 rings (SSSR count). The Balaban J connectivity index is 1.69. The Morgan fingerprint density at radius 3 is 2.47 bits per heavy atom. The highest BCUT2D eigenvalue weighted by Gasteiger charge is 2.44. The first-order valence-electron chi connectivity index (χ1n) is 11.5. The van der Waals surface area contributed by atoms with E-state index in [4.69, 9.17) is 10.2 Å². The van der Waals surface area contributed by atoms with Gasteiger partial charge in [-0.2, -0.15) is 13.2 Å². The maximum Gasteiger partial charge on any atom is 0.416 e. The number of piperidine rings is 1. The number of furan rings is 1. The van der Waals surface area contributed by atoms with Crippen molar-refractivity contribution in [3.05, 3.63) is 66.2 Å². The average molecular weight is 501 g/mol. The van der Waals surface area contributed by atoms with E-state index < -0.39 is 29.1 Å². The molecule has 0 aliphatic carbocycles. The van der Waals surface area contributed by atoms with Crippen molar-refractivity contribution >= 4 is 23.2 Å². The van der Waals surface area contributed by atoms with Gasteiger partial charge in [0.1, 0.15) is 5.76 Å². The Kier molecular flexibility index (Phi) is 6.55. The van der Waals surface area contributed by atoms with Crippen molar-refractivity contribution in [1.29, 1.82) is 0 Å². The molecule has 3 N–H and O–H groups in total. The Hall–Kier alpha value is -3.82. The minimum Gasteiger partial charge on any atom is -0.451 e. The van der Waals surface area contributed by atoms with Crippen LogP contribution >= 0.6 is 0 Å². The van der Waals surface area contributed by atoms with E-state index in [9.17, 15) is 22.8 Å². The Morgan fingerprint density at radius 2 is 1.83 bits per heavy atom. The minimum atomic E-state index is -4.60. The van der Waals surface area contributed by atoms with Crippen LogP contribution in [0.2, 0.25) is 0 Å². The molecule has 3 aromatic rings. The van der Waals surface area contributed by atoms with Crippen LogP contribution in [-0.4, -0.2) is 28.9 Å². The number of carbonyl (C=O) groups excluding carboxylic acids is 2. The smallest absolute Gasteiger partial charge is 0.416 e. The second-order valence-electron chi connectivity index (χ2n) is 9.48. The third-order valence-electron chi connectivity index (χ3n) is 7.10. The molecule has 0 spiro atoms. The van der Waals surface area contributed by atoms with E-state index in [1.807, 2.05) is 25.7 Å². The third kappa shape index (κ3) is 4.80. The van der Waals surface area contributed by atoms with Crippen molar-refractivity contribution in [1.82, 2.24) is 4.98 Å². The van der Waals surface area contributed by atoms with Crippen molar-refractivity contribution in [2.75, 3.05) is 16.8 Å². The second kappa shape index (κ2) is 9.33. The molecule has 1 aromatic carbocycles. The van der Waals surface area contributed by atoms with E-state index in [2.05, 4.69) is 10.3 Å². The van der Waals surface area contributed by atoms with Gasteiger partial charge in [0.25, 0.3) is 5.91 Å². The molecule has 0 radical (unpaired) electrons. The molecular formula is C26H27F3N4O3. The molecule has 2 amide bonds. The Bertz CT molecular complexity index is 1270. The fourth-order valence-electron chi connectivity index (χ4n) is 4.73. The van der Waals surface area contributed by atoms with Gasteiger partial charge in [-0.15, -0.1) is 0 Å². The third-order valence-corrected chi connectivity index (χ3v) is 7.10. The number of nitrogens with two attached hydrogens (primary N) is 1. The number of hydrogen-bond acceptors (Lipinski definition) is 5. The fourth-order valence-corrected chi connectivity index (χ4v) is 4.73. The van der Waals surface area contributed by atoms with Gasteiger partial charge in [0, 0.05) is 36.0 Å². The molecule has 36 heavy (non-hydrogen) atoms. The van der Waals surface area contributed by atoms with Gasteiger partial charge in [0.15, 0.2) is 5.76 Å². The van der Waals surface area contributed by atoms with Crippen molar-refractivity contribution in [2.45, 2.75) is 38.9 Å². The number of benzene rings is 1. The molecule has 2 unspecified atom stereocenters. The Morgan fingerprint density at radius 1 is 1.14 bits per heavy atom. The van der Waals surface area contributed by atoms with E-state index >= 15 is 0 Å². The zero-order valence-electron chi connectivity index (χ0n) is 20.1. The van der Waals surface area contributed by atoms with Crippen molar-refractivity contribution in [2.24, 2.45) is 17.6 Å². The number of anilines is 2. The molecule has 2 atom stereocenters. The highest BCUT2D eigenvalue weighted by molar-refractivity contribution is 6.04. The van der Waals surface area contributed by atoms with Gasteiger partial charge >= 0.3 is 6.18 Å². The van der Waals surface area contributed by atoms with E-state index in [1.54, 1.807) is 30.6 Å². The van der Waals surface area contributed by atoms with Crippen LogP contribution in [0.3, 0.4) is 0 Å². The van der Waals surface area contributed by atoms with E-state index in [-0.39, 0.29) is 23.3 Å². The summed E-state index contributed by atoms with van der Waals surface area (Å²) in [6, 6.07) is 9.75. The highest BCUT2D eigenvalue weighted by Crippen LogP contribution is 2.44. The van der Waals surface area contributed by atoms with Crippen LogP contribution in [0.4, 0.5) is 24.5 Å². The van der Waals surface area contributed by atoms with Crippen LogP contribution in [0.15, 0.2) is 59.3 Å². The number of rotatable bonds is 5. The van der Waals surface area contributed by atoms with Gasteiger partial charge in [-0.25, -0.2) is 0 Å². The lowest BCUT2D eigenvalue weighted by Gasteiger charge is -2.51. The van der Waals surface area contributed by atoms with Gasteiger partial charge in [-0.05, 0) is 68.7 Å². The summed E-state index contributed by atoms with van der Waals surface area (Å²) >= 11 is 0. The van der Waals surface area contributed by atoms with Crippen LogP contribution in [0, 0.1) is 11.8 Å². The summed E-state index contributed by atoms with van der Waals surface area (Å²) < 4.78 is 46.3. The summed E-state index contributed by atoms with van der Waals surface area (Å²) in [4.78, 5) is 30.8. The number of alkyl halides is 3. The largest absolute Gasteiger partial charge is 0.451 e. The monoisotopic (exact) mass is 500 g/mol. The van der Waals surface area contributed by atoms with E-state index in [1.165, 1.54) is 12.1 Å². The number of aromatic nitrogens is 1. The standard InChI is InChI=1S/C26H27F3N4O3/c1-15-18(23(30)34)10-13-33(25(15,2)3)20-5-4-17(26(27,28)29)14-19(20)32-24(35)22-7-6-21(36-22)16-8-11-31-12-9-16/h4-9,11-12,14-15,18H,10,13H2,1-3H3,(H2,30,34)(H,32,35). The van der Waals surface area contributed by atoms with Crippen molar-refractivity contribution in [3.63, 3.8) is 0 Å². The number of primary amides is 1. The number of carbonyl (C=O) groups is 2. The molecule has 1 aliphatic rings. The lowest BCUT2D eigenvalue weighted by Crippen LogP contribution is -2.58. The summed E-state index contributed by atoms with van der Waals surface area (Å²) in [6.45, 7) is 6.09. The van der Waals surface area contributed by atoms with Gasteiger partial charge in [0.05, 0.1) is 16.9 Å². The SMILES string of the molecule is CC1C(C(N)=O)CCN(c2ccc(C(F)(F)F)cc2NC(=O)c2ccc(-c3ccncc3)o2)C1(C)C. The number of nitrogens with one attached hydrogen (secondary N) is 1. The van der Waals surface area contributed by atoms with Crippen molar-refractivity contribution in [3.8, 4) is 11.3 Å². The van der Waals surface area contributed by atoms with Gasteiger partial charge in [-0.3, -0.25) is 14.6 Å². The molecule has 1 fully saturated rings. The predicted octanol–water partition coefficient (Wildman–Crippen LogP) is 5.34. The maximum absolute atomic E-state index is 13.5. The topological polar surface area (TPSA) is 101 Å². The molecule has 10 heteroatoms. The summed E-state index contributed by atoms with van der Waals surface area (Å²) in [5, 5.41) is 2.61. The molecule has 2 aromatic heterocycles. The minimum absolute atomic E-state index is 0.00511. The van der Waals surface area contributed by atoms with Crippen LogP contribution in [0.25, 0.3) is 11.3 Å². The van der Waals surface area contributed by atoms with Gasteiger partial charge in [0.2, 0.25) is 5.91 Å². The second-order valence-corrected chi connectivity index (χ2v) is 9.48. The number of amides is 2. The normalized spacial score (nSPS) is 19.7. The molecule has 0 bridgehead atoms. The number of nitrogens with zero attached hydrogens (tertiary/aromatic N) is 2. The predicted molar refractivity (Wildman–Crippen MR) is 129 cm³/mol. The molecule has 1 aliphatic heterocycles. The summed E-state index contributed by atoms with van der Waals surface area (Å²) in [5.74, 6) is -1.26. The first kappa shape index (κ1) is 25.3. The molecule has 190 valence electrons. The van der Waals surface area contributed by atoms with E-state index in [0.717, 1.165) is 12.1 Å². The molecule has 7 nitrogen and oxygen atoms in total. The average Bonchev–Trinajstić information content (AvgIpc) is 3.31. The van der Waals surface area contributed by atoms with Crippen LogP contribution in [0.1, 0.15) is 43.3 Å². The number of pyridine rings is 1. The molecule has 1 saturated heterocycles. The van der Waals surface area contributed by atoms with E-state index in [0.29, 0.717) is 30.0 Å². The first-order valence-corrected chi connectivity index (χ1v) is 11.5. The Labute approximate surface area is 206 Å². The van der Waals surface area contributed by atoms with Gasteiger partial charge in [-0.1, -0.05) is 6.92 Å². The van der Waals surface area contributed by atoms with Crippen LogP contribution in [-0.2, 0) is 11.0 Å². The number of hydrogen-bond donors (Lipinski definition) is 2. The zero-order chi connectivity index (χ0) is 26.3. The fraction of sp³-hybridized carbons (Fsp3) is 0.346. The quantitative estimate of drug-likeness (QED) is 0.493. The van der Waals surface area contributed by atoms with Gasteiger partial charge < -0.3 is 20.4 Å². The maximum atomic E-state index is 13.5. The lowest BCUT2D eigenvalue weighted by atomic mass is 9.72. The zero-order valence-corrected chi connectivity index (χ0v) is 20.1. The van der Waals surface area contributed by atoms with Crippen LogP contribution < -0.4 is 16.0 Å². The molecule has 0 saturated carbocycles. The lowest BCUT2D eigenvalue weighted by molar-refractivity contribution is -0.137. The summed E-state index contributed by atoms with van der Waals surface area (Å²) in [5.41, 5.74) is 5.17. The highest BCUT2D eigenvalue weighted by atomic mass is 19.4. The number of halogens is 3. The summed E-state index contributed by atoms with van der Waals surface area (Å²) in [6.07, 6.45) is -0.992. The summed E-state index contributed by atoms with van der Waals surface area (Å²) in [7, 11) is 0. The molecular weight excluding hydrogens is 473 g/mol. The van der Waals surface area contributed by atoms with Crippen LogP contribution in [0.5, 0.6) is 0 Å². The first-order chi connectivity index (χ1) is 16.9. The van der Waals surface area contributed by atoms with Crippen molar-refractivity contribution < 1.29 is 27.2 Å².